The van der Waals surface area contributed by atoms with Crippen LogP contribution < -0.4 is 0 Å². The monoisotopic (exact) mass is 146 g/mol. The van der Waals surface area contributed by atoms with Gasteiger partial charge in [0.1, 0.15) is 0 Å². The molecule has 0 radical (unpaired) electrons. The quantitative estimate of drug-likeness (QED) is 0.565. The maximum atomic E-state index is 9.26. The third-order valence-corrected chi connectivity index (χ3v) is 2.09. The van der Waals surface area contributed by atoms with E-state index in [2.05, 4.69) is 0 Å². The summed E-state index contributed by atoms with van der Waals surface area (Å²) in [6.07, 6.45) is 0.478. The van der Waals surface area contributed by atoms with Gasteiger partial charge in [0, 0.05) is 13.0 Å². The van der Waals surface area contributed by atoms with Crippen LogP contribution in [0.15, 0.2) is 0 Å². The van der Waals surface area contributed by atoms with E-state index in [4.69, 9.17) is 9.84 Å². The minimum absolute atomic E-state index is 0.139. The molecule has 0 aromatic carbocycles. The van der Waals surface area contributed by atoms with Gasteiger partial charge in [-0.25, -0.2) is 0 Å². The molecule has 0 amide bonds. The van der Waals surface area contributed by atoms with Gasteiger partial charge in [-0.2, -0.15) is 0 Å². The molecule has 3 heteroatoms. The largest absolute Gasteiger partial charge is 0.390 e. The number of hydrogen-bond donors (Lipinski definition) is 2. The fourth-order valence-corrected chi connectivity index (χ4v) is 1.44. The van der Waals surface area contributed by atoms with Crippen molar-refractivity contribution in [2.75, 3.05) is 13.7 Å². The Morgan fingerprint density at radius 1 is 1.40 bits per heavy atom. The van der Waals surface area contributed by atoms with Crippen LogP contribution in [-0.4, -0.2) is 36.1 Å². The Balaban J connectivity index is 2.33. The summed E-state index contributed by atoms with van der Waals surface area (Å²) in [5, 5.41) is 18.3. The van der Waals surface area contributed by atoms with Crippen LogP contribution in [0.3, 0.4) is 0 Å². The minimum atomic E-state index is -0.569. The first kappa shape index (κ1) is 7.98. The van der Waals surface area contributed by atoms with Crippen molar-refractivity contribution in [3.8, 4) is 0 Å². The molecule has 3 nitrogen and oxygen atoms in total. The number of methoxy groups -OCH3 is 1. The molecule has 0 saturated heterocycles. The van der Waals surface area contributed by atoms with Gasteiger partial charge in [0.25, 0.3) is 0 Å². The molecule has 3 atom stereocenters. The first-order chi connectivity index (χ1) is 4.75. The summed E-state index contributed by atoms with van der Waals surface area (Å²) in [7, 11) is 1.61. The van der Waals surface area contributed by atoms with Crippen molar-refractivity contribution in [1.29, 1.82) is 0 Å². The van der Waals surface area contributed by atoms with E-state index in [-0.39, 0.29) is 5.92 Å². The molecule has 10 heavy (non-hydrogen) atoms. The van der Waals surface area contributed by atoms with Crippen LogP contribution in [0.5, 0.6) is 0 Å². The Bertz CT molecular complexity index is 103. The number of aliphatic hydroxyl groups excluding tert-OH is 2. The summed E-state index contributed by atoms with van der Waals surface area (Å²) < 4.78 is 4.87. The van der Waals surface area contributed by atoms with E-state index >= 15 is 0 Å². The molecule has 1 fully saturated rings. The second-order valence-corrected chi connectivity index (χ2v) is 2.85. The summed E-state index contributed by atoms with van der Waals surface area (Å²) in [4.78, 5) is 0. The molecule has 60 valence electrons. The van der Waals surface area contributed by atoms with E-state index in [1.165, 1.54) is 0 Å². The van der Waals surface area contributed by atoms with Gasteiger partial charge in [-0.1, -0.05) is 0 Å². The lowest BCUT2D eigenvalue weighted by molar-refractivity contribution is 0.0000151. The van der Waals surface area contributed by atoms with Gasteiger partial charge in [0.2, 0.25) is 0 Å². The van der Waals surface area contributed by atoms with Crippen LogP contribution in [0.1, 0.15) is 12.8 Å². The van der Waals surface area contributed by atoms with Crippen molar-refractivity contribution in [3.05, 3.63) is 0 Å². The fraction of sp³-hybridized carbons (Fsp3) is 1.00. The summed E-state index contributed by atoms with van der Waals surface area (Å²) in [6.45, 7) is 0.554. The van der Waals surface area contributed by atoms with E-state index in [0.717, 1.165) is 6.42 Å². The number of hydrogen-bond acceptors (Lipinski definition) is 3. The van der Waals surface area contributed by atoms with Gasteiger partial charge in [-0.05, 0) is 12.8 Å². The second kappa shape index (κ2) is 3.32. The predicted molar refractivity (Wildman–Crippen MR) is 36.6 cm³/mol. The van der Waals surface area contributed by atoms with Crippen LogP contribution in [0.4, 0.5) is 0 Å². The fourth-order valence-electron chi connectivity index (χ4n) is 1.44. The Labute approximate surface area is 60.6 Å². The maximum Gasteiger partial charge on any atom is 0.0849 e. The molecule has 0 aliphatic heterocycles. The Hall–Kier alpha value is -0.120. The highest BCUT2D eigenvalue weighted by Gasteiger charge is 2.32. The van der Waals surface area contributed by atoms with Crippen LogP contribution >= 0.6 is 0 Å². The van der Waals surface area contributed by atoms with Crippen LogP contribution in [0, 0.1) is 5.92 Å². The van der Waals surface area contributed by atoms with Gasteiger partial charge in [0.15, 0.2) is 0 Å². The molecule has 1 aliphatic rings. The van der Waals surface area contributed by atoms with E-state index in [1.807, 2.05) is 0 Å². The molecule has 1 aliphatic carbocycles. The predicted octanol–water partition coefficient (Wildman–Crippen LogP) is -0.235. The summed E-state index contributed by atoms with van der Waals surface area (Å²) in [6, 6.07) is 0. The highest BCUT2D eigenvalue weighted by molar-refractivity contribution is 4.83. The summed E-state index contributed by atoms with van der Waals surface area (Å²) in [5.74, 6) is 0.139. The summed E-state index contributed by atoms with van der Waals surface area (Å²) in [5.41, 5.74) is 0. The zero-order chi connectivity index (χ0) is 7.56. The summed E-state index contributed by atoms with van der Waals surface area (Å²) >= 11 is 0. The van der Waals surface area contributed by atoms with Gasteiger partial charge >= 0.3 is 0 Å². The molecule has 2 N–H and O–H groups in total. The molecule has 0 bridgehead atoms. The third-order valence-electron chi connectivity index (χ3n) is 2.09. The lowest BCUT2D eigenvalue weighted by atomic mass is 10.1. The molecular weight excluding hydrogens is 132 g/mol. The van der Waals surface area contributed by atoms with E-state index < -0.39 is 12.2 Å². The first-order valence-electron chi connectivity index (χ1n) is 3.60. The van der Waals surface area contributed by atoms with Gasteiger partial charge in [-0.3, -0.25) is 0 Å². The maximum absolute atomic E-state index is 9.26. The third kappa shape index (κ3) is 1.48. The van der Waals surface area contributed by atoms with Crippen molar-refractivity contribution in [3.63, 3.8) is 0 Å². The van der Waals surface area contributed by atoms with Crippen molar-refractivity contribution in [2.24, 2.45) is 5.92 Å². The molecule has 1 saturated carbocycles. The standard InChI is InChI=1S/C7H14O3/c1-10-4-5-2-3-6(8)7(5)9/h5-9H,2-4H2,1H3. The highest BCUT2D eigenvalue weighted by atomic mass is 16.5. The number of ether oxygens (including phenoxy) is 1. The average Bonchev–Trinajstić information content (AvgIpc) is 2.20. The van der Waals surface area contributed by atoms with Gasteiger partial charge in [0.05, 0.1) is 18.8 Å². The Kier molecular flexibility index (Phi) is 2.65. The van der Waals surface area contributed by atoms with Gasteiger partial charge < -0.3 is 14.9 Å². The van der Waals surface area contributed by atoms with E-state index in [0.29, 0.717) is 13.0 Å². The van der Waals surface area contributed by atoms with Crippen LogP contribution in [-0.2, 0) is 4.74 Å². The molecule has 0 aromatic rings. The Morgan fingerprint density at radius 3 is 2.50 bits per heavy atom. The molecule has 3 unspecified atom stereocenters. The zero-order valence-corrected chi connectivity index (χ0v) is 6.16. The van der Waals surface area contributed by atoms with Gasteiger partial charge in [-0.15, -0.1) is 0 Å². The molecule has 0 heterocycles. The minimum Gasteiger partial charge on any atom is -0.390 e. The number of aliphatic hydroxyl groups is 2. The molecule has 1 rings (SSSR count). The van der Waals surface area contributed by atoms with E-state index in [9.17, 15) is 5.11 Å². The number of rotatable bonds is 2. The molecular formula is C7H14O3. The second-order valence-electron chi connectivity index (χ2n) is 2.85. The van der Waals surface area contributed by atoms with Crippen molar-refractivity contribution >= 4 is 0 Å². The van der Waals surface area contributed by atoms with E-state index in [1.54, 1.807) is 7.11 Å². The van der Waals surface area contributed by atoms with Crippen molar-refractivity contribution < 1.29 is 14.9 Å². The molecule has 0 spiro atoms. The average molecular weight is 146 g/mol. The smallest absolute Gasteiger partial charge is 0.0849 e. The first-order valence-corrected chi connectivity index (χ1v) is 3.60. The highest BCUT2D eigenvalue weighted by Crippen LogP contribution is 2.25. The van der Waals surface area contributed by atoms with Crippen LogP contribution in [0.2, 0.25) is 0 Å². The lowest BCUT2D eigenvalue weighted by Gasteiger charge is -2.14. The Morgan fingerprint density at radius 2 is 2.10 bits per heavy atom. The van der Waals surface area contributed by atoms with Crippen molar-refractivity contribution in [1.82, 2.24) is 0 Å². The zero-order valence-electron chi connectivity index (χ0n) is 6.16. The van der Waals surface area contributed by atoms with Crippen LogP contribution in [0.25, 0.3) is 0 Å². The SMILES string of the molecule is COCC1CCC(O)C1O. The normalized spacial score (nSPS) is 40.5. The lowest BCUT2D eigenvalue weighted by Crippen LogP contribution is -2.27. The topological polar surface area (TPSA) is 49.7 Å². The van der Waals surface area contributed by atoms with Crippen molar-refractivity contribution in [2.45, 2.75) is 25.0 Å². The molecule has 0 aromatic heterocycles.